The molecule has 0 saturated carbocycles. The van der Waals surface area contributed by atoms with Crippen molar-refractivity contribution in [2.24, 2.45) is 0 Å². The van der Waals surface area contributed by atoms with Crippen LogP contribution in [-0.4, -0.2) is 32.7 Å². The highest BCUT2D eigenvalue weighted by atomic mass is 16.5. The number of nitrogens with zero attached hydrogens (tertiary/aromatic N) is 1. The summed E-state index contributed by atoms with van der Waals surface area (Å²) in [6.45, 7) is 2.09. The number of methoxy groups -OCH3 is 1. The van der Waals surface area contributed by atoms with Crippen molar-refractivity contribution < 1.29 is 9.22 Å². The molecule has 2 heteroatoms. The largest absolute Gasteiger partial charge is 0.329 e. The lowest BCUT2D eigenvalue weighted by atomic mass is 10.1. The van der Waals surface area contributed by atoms with Crippen molar-refractivity contribution >= 4 is 0 Å². The molecular formula is C12H20NO+. The van der Waals surface area contributed by atoms with Gasteiger partial charge < -0.3 is 9.22 Å². The second-order valence-corrected chi connectivity index (χ2v) is 4.61. The summed E-state index contributed by atoms with van der Waals surface area (Å²) in [4.78, 5) is 0. The summed E-state index contributed by atoms with van der Waals surface area (Å²) < 4.78 is 6.29. The van der Waals surface area contributed by atoms with Crippen LogP contribution in [0.25, 0.3) is 0 Å². The molecule has 0 aliphatic carbocycles. The predicted molar refractivity (Wildman–Crippen MR) is 59.0 cm³/mol. The van der Waals surface area contributed by atoms with Crippen LogP contribution in [0.4, 0.5) is 0 Å². The second-order valence-electron chi connectivity index (χ2n) is 4.61. The number of hydrogen-bond donors (Lipinski definition) is 0. The summed E-state index contributed by atoms with van der Waals surface area (Å²) in [6.07, 6.45) is 0.107. The number of quaternary nitrogens is 1. The van der Waals surface area contributed by atoms with Gasteiger partial charge in [-0.3, -0.25) is 0 Å². The molecule has 0 radical (unpaired) electrons. The van der Waals surface area contributed by atoms with Crippen molar-refractivity contribution in [3.05, 3.63) is 35.4 Å². The van der Waals surface area contributed by atoms with Gasteiger partial charge in [0.05, 0.1) is 21.1 Å². The maximum absolute atomic E-state index is 5.51. The Morgan fingerprint density at radius 3 is 1.93 bits per heavy atom. The van der Waals surface area contributed by atoms with Gasteiger partial charge in [-0.15, -0.1) is 0 Å². The third kappa shape index (κ3) is 2.56. The fraction of sp³-hybridized carbons (Fsp3) is 0.500. The highest BCUT2D eigenvalue weighted by Gasteiger charge is 2.24. The Bertz CT molecular complexity index is 284. The van der Waals surface area contributed by atoms with Crippen LogP contribution in [0.3, 0.4) is 0 Å². The first-order valence-electron chi connectivity index (χ1n) is 4.85. The molecule has 0 N–H and O–H groups in total. The zero-order valence-electron chi connectivity index (χ0n) is 9.74. The molecule has 1 aromatic carbocycles. The molecule has 1 atom stereocenters. The number of aryl methyl sites for hydroxylation is 1. The van der Waals surface area contributed by atoms with Gasteiger partial charge in [0, 0.05) is 12.7 Å². The lowest BCUT2D eigenvalue weighted by molar-refractivity contribution is -0.926. The van der Waals surface area contributed by atoms with Crippen LogP contribution in [-0.2, 0) is 4.74 Å². The van der Waals surface area contributed by atoms with Gasteiger partial charge in [-0.25, -0.2) is 0 Å². The standard InChI is InChI=1S/C12H20NO/c1-10-6-8-11(9-7-10)12(14-5)13(2,3)4/h6-9,12H,1-5H3/q+1. The van der Waals surface area contributed by atoms with Gasteiger partial charge in [-0.1, -0.05) is 29.8 Å². The van der Waals surface area contributed by atoms with E-state index >= 15 is 0 Å². The zero-order valence-corrected chi connectivity index (χ0v) is 9.74. The van der Waals surface area contributed by atoms with E-state index in [1.54, 1.807) is 7.11 Å². The van der Waals surface area contributed by atoms with Gasteiger partial charge in [0.25, 0.3) is 0 Å². The normalized spacial score (nSPS) is 14.1. The lowest BCUT2D eigenvalue weighted by Crippen LogP contribution is -2.39. The highest BCUT2D eigenvalue weighted by molar-refractivity contribution is 5.22. The molecule has 0 heterocycles. The van der Waals surface area contributed by atoms with E-state index in [-0.39, 0.29) is 6.23 Å². The molecule has 0 aliphatic heterocycles. The summed E-state index contributed by atoms with van der Waals surface area (Å²) in [5.74, 6) is 0. The molecule has 2 nitrogen and oxygen atoms in total. The fourth-order valence-electron chi connectivity index (χ4n) is 1.63. The highest BCUT2D eigenvalue weighted by Crippen LogP contribution is 2.23. The Kier molecular flexibility index (Phi) is 3.29. The minimum Gasteiger partial charge on any atom is -0.329 e. The molecule has 0 aromatic heterocycles. The monoisotopic (exact) mass is 194 g/mol. The molecule has 78 valence electrons. The molecule has 0 aliphatic rings. The molecule has 0 fully saturated rings. The molecule has 0 amide bonds. The lowest BCUT2D eigenvalue weighted by Gasteiger charge is -2.32. The van der Waals surface area contributed by atoms with E-state index in [0.717, 1.165) is 4.48 Å². The van der Waals surface area contributed by atoms with Gasteiger partial charge in [-0.2, -0.15) is 0 Å². The average Bonchev–Trinajstić information content (AvgIpc) is 2.07. The van der Waals surface area contributed by atoms with Crippen molar-refractivity contribution in [3.63, 3.8) is 0 Å². The predicted octanol–water partition coefficient (Wildman–Crippen LogP) is 2.35. The first kappa shape index (κ1) is 11.2. The van der Waals surface area contributed by atoms with Gasteiger partial charge in [0.15, 0.2) is 0 Å². The number of ether oxygens (including phenoxy) is 1. The van der Waals surface area contributed by atoms with Crippen LogP contribution in [0.2, 0.25) is 0 Å². The van der Waals surface area contributed by atoms with E-state index in [9.17, 15) is 0 Å². The Morgan fingerprint density at radius 2 is 1.57 bits per heavy atom. The van der Waals surface area contributed by atoms with E-state index in [0.29, 0.717) is 0 Å². The summed E-state index contributed by atoms with van der Waals surface area (Å²) in [6, 6.07) is 8.51. The van der Waals surface area contributed by atoms with E-state index in [1.165, 1.54) is 11.1 Å². The summed E-state index contributed by atoms with van der Waals surface area (Å²) in [5.41, 5.74) is 2.51. The van der Waals surface area contributed by atoms with Crippen molar-refractivity contribution in [1.29, 1.82) is 0 Å². The molecule has 0 bridgehead atoms. The third-order valence-electron chi connectivity index (χ3n) is 2.29. The molecule has 0 spiro atoms. The van der Waals surface area contributed by atoms with Gasteiger partial charge >= 0.3 is 0 Å². The first-order valence-corrected chi connectivity index (χ1v) is 4.85. The molecule has 1 unspecified atom stereocenters. The summed E-state index contributed by atoms with van der Waals surface area (Å²) in [7, 11) is 8.16. The topological polar surface area (TPSA) is 9.23 Å². The van der Waals surface area contributed by atoms with E-state index < -0.39 is 0 Å². The van der Waals surface area contributed by atoms with Crippen LogP contribution in [0.15, 0.2) is 24.3 Å². The minimum atomic E-state index is 0.107. The Balaban J connectivity index is 2.96. The molecule has 0 saturated heterocycles. The Hall–Kier alpha value is -0.860. The number of hydrogen-bond acceptors (Lipinski definition) is 1. The second kappa shape index (κ2) is 4.11. The van der Waals surface area contributed by atoms with E-state index in [2.05, 4.69) is 52.3 Å². The quantitative estimate of drug-likeness (QED) is 0.530. The van der Waals surface area contributed by atoms with E-state index in [4.69, 9.17) is 4.74 Å². The van der Waals surface area contributed by atoms with Crippen molar-refractivity contribution in [2.75, 3.05) is 28.3 Å². The van der Waals surface area contributed by atoms with Crippen LogP contribution in [0.1, 0.15) is 17.4 Å². The Labute approximate surface area is 86.7 Å². The average molecular weight is 194 g/mol. The number of benzene rings is 1. The van der Waals surface area contributed by atoms with Crippen LogP contribution in [0.5, 0.6) is 0 Å². The smallest absolute Gasteiger partial charge is 0.219 e. The molecule has 14 heavy (non-hydrogen) atoms. The van der Waals surface area contributed by atoms with Gasteiger partial charge in [0.1, 0.15) is 0 Å². The molecule has 1 rings (SSSR count). The van der Waals surface area contributed by atoms with Gasteiger partial charge in [0.2, 0.25) is 6.23 Å². The van der Waals surface area contributed by atoms with Crippen LogP contribution in [0, 0.1) is 6.92 Å². The summed E-state index contributed by atoms with van der Waals surface area (Å²) >= 11 is 0. The van der Waals surface area contributed by atoms with Gasteiger partial charge in [-0.05, 0) is 6.92 Å². The fourth-order valence-corrected chi connectivity index (χ4v) is 1.63. The SMILES string of the molecule is COC(c1ccc(C)cc1)[N+](C)(C)C. The number of rotatable bonds is 3. The maximum Gasteiger partial charge on any atom is 0.219 e. The van der Waals surface area contributed by atoms with Crippen LogP contribution < -0.4 is 0 Å². The Morgan fingerprint density at radius 1 is 1.07 bits per heavy atom. The summed E-state index contributed by atoms with van der Waals surface area (Å²) in [5, 5.41) is 0. The van der Waals surface area contributed by atoms with Crippen molar-refractivity contribution in [3.8, 4) is 0 Å². The molecular weight excluding hydrogens is 174 g/mol. The van der Waals surface area contributed by atoms with E-state index in [1.807, 2.05) is 0 Å². The van der Waals surface area contributed by atoms with Crippen molar-refractivity contribution in [1.82, 2.24) is 0 Å². The zero-order chi connectivity index (χ0) is 10.8. The maximum atomic E-state index is 5.51. The van der Waals surface area contributed by atoms with Crippen molar-refractivity contribution in [2.45, 2.75) is 13.2 Å². The minimum absolute atomic E-state index is 0.107. The first-order chi connectivity index (χ1) is 6.45. The van der Waals surface area contributed by atoms with Crippen LogP contribution >= 0.6 is 0 Å². The molecule has 1 aromatic rings. The third-order valence-corrected chi connectivity index (χ3v) is 2.29.